The second-order valence-corrected chi connectivity index (χ2v) is 6.11. The van der Waals surface area contributed by atoms with Crippen LogP contribution in [-0.4, -0.2) is 30.2 Å². The van der Waals surface area contributed by atoms with Gasteiger partial charge in [-0.15, -0.1) is 0 Å². The zero-order chi connectivity index (χ0) is 10.9. The Balaban J connectivity index is 1.87. The minimum atomic E-state index is -0.417. The zero-order valence-electron chi connectivity index (χ0n) is 9.71. The number of rotatable bonds is 0. The van der Waals surface area contributed by atoms with Crippen LogP contribution in [0.15, 0.2) is 0 Å². The first kappa shape index (κ1) is 9.86. The molecule has 0 aromatic rings. The Bertz CT molecular complexity index is 323. The fraction of sp³-hybridized carbons (Fsp3) is 1.00. The van der Waals surface area contributed by atoms with Gasteiger partial charge < -0.3 is 14.6 Å². The highest BCUT2D eigenvalue weighted by Crippen LogP contribution is 2.75. The van der Waals surface area contributed by atoms with Crippen molar-refractivity contribution >= 4 is 0 Å². The van der Waals surface area contributed by atoms with E-state index in [1.165, 1.54) is 25.7 Å². The standard InChI is InChI=1S/C13H20O3/c14-10-2-5-11-3-1-4-12(10,11)13(7-6-11)15-8-9-16-13/h10,14H,1-9H2/t10-,11-,12-/m1/s1. The van der Waals surface area contributed by atoms with Gasteiger partial charge in [0.05, 0.1) is 24.7 Å². The Morgan fingerprint density at radius 1 is 0.938 bits per heavy atom. The van der Waals surface area contributed by atoms with Crippen LogP contribution >= 0.6 is 0 Å². The molecule has 3 saturated carbocycles. The molecule has 1 spiro atoms. The van der Waals surface area contributed by atoms with Crippen molar-refractivity contribution in [3.05, 3.63) is 0 Å². The van der Waals surface area contributed by atoms with E-state index in [-0.39, 0.29) is 11.5 Å². The molecule has 16 heavy (non-hydrogen) atoms. The third-order valence-electron chi connectivity index (χ3n) is 6.00. The number of hydrogen-bond acceptors (Lipinski definition) is 3. The number of aliphatic hydroxyl groups is 1. The summed E-state index contributed by atoms with van der Waals surface area (Å²) in [6.45, 7) is 1.43. The predicted molar refractivity (Wildman–Crippen MR) is 57.8 cm³/mol. The van der Waals surface area contributed by atoms with E-state index >= 15 is 0 Å². The second kappa shape index (κ2) is 2.82. The van der Waals surface area contributed by atoms with Crippen LogP contribution in [0, 0.1) is 10.8 Å². The normalized spacial score (nSPS) is 53.4. The van der Waals surface area contributed by atoms with Gasteiger partial charge in [-0.1, -0.05) is 6.42 Å². The van der Waals surface area contributed by atoms with Gasteiger partial charge in [0.15, 0.2) is 5.79 Å². The third kappa shape index (κ3) is 0.793. The van der Waals surface area contributed by atoms with Gasteiger partial charge in [0.25, 0.3) is 0 Å². The van der Waals surface area contributed by atoms with Crippen molar-refractivity contribution in [1.29, 1.82) is 0 Å². The summed E-state index contributed by atoms with van der Waals surface area (Å²) in [7, 11) is 0. The zero-order valence-corrected chi connectivity index (χ0v) is 9.71. The van der Waals surface area contributed by atoms with Crippen molar-refractivity contribution in [2.75, 3.05) is 13.2 Å². The molecule has 1 N–H and O–H groups in total. The fourth-order valence-corrected chi connectivity index (χ4v) is 5.53. The fourth-order valence-electron chi connectivity index (χ4n) is 5.53. The third-order valence-corrected chi connectivity index (χ3v) is 6.00. The van der Waals surface area contributed by atoms with Crippen LogP contribution in [0.5, 0.6) is 0 Å². The summed E-state index contributed by atoms with van der Waals surface area (Å²) in [6, 6.07) is 0. The smallest absolute Gasteiger partial charge is 0.177 e. The molecule has 0 amide bonds. The van der Waals surface area contributed by atoms with E-state index in [4.69, 9.17) is 9.47 Å². The van der Waals surface area contributed by atoms with Crippen LogP contribution in [0.1, 0.15) is 44.9 Å². The van der Waals surface area contributed by atoms with Crippen LogP contribution in [0.25, 0.3) is 0 Å². The molecule has 4 rings (SSSR count). The summed E-state index contributed by atoms with van der Waals surface area (Å²) in [5, 5.41) is 10.5. The monoisotopic (exact) mass is 224 g/mol. The Hall–Kier alpha value is -0.120. The lowest BCUT2D eigenvalue weighted by Gasteiger charge is -2.45. The Morgan fingerprint density at radius 2 is 1.75 bits per heavy atom. The van der Waals surface area contributed by atoms with Gasteiger partial charge in [-0.3, -0.25) is 0 Å². The molecular formula is C13H20O3. The van der Waals surface area contributed by atoms with Crippen LogP contribution < -0.4 is 0 Å². The SMILES string of the molecule is O[C@@H]1CC[C@@]23CCC[C@@]12C1(CC3)OCCO1. The average Bonchev–Trinajstić information content (AvgIpc) is 2.96. The Labute approximate surface area is 96.1 Å². The minimum absolute atomic E-state index is 0.0590. The molecule has 3 aliphatic carbocycles. The van der Waals surface area contributed by atoms with Crippen LogP contribution in [0.2, 0.25) is 0 Å². The highest BCUT2D eigenvalue weighted by Gasteiger charge is 2.76. The molecule has 0 radical (unpaired) electrons. The van der Waals surface area contributed by atoms with Crippen molar-refractivity contribution < 1.29 is 14.6 Å². The van der Waals surface area contributed by atoms with E-state index in [2.05, 4.69) is 0 Å². The summed E-state index contributed by atoms with van der Waals surface area (Å²) < 4.78 is 12.0. The van der Waals surface area contributed by atoms with Gasteiger partial charge in [-0.2, -0.15) is 0 Å². The second-order valence-electron chi connectivity index (χ2n) is 6.11. The van der Waals surface area contributed by atoms with E-state index in [0.717, 1.165) is 19.3 Å². The molecule has 3 heteroatoms. The lowest BCUT2D eigenvalue weighted by Crippen LogP contribution is -2.53. The van der Waals surface area contributed by atoms with E-state index in [9.17, 15) is 5.11 Å². The molecular weight excluding hydrogens is 204 g/mol. The van der Waals surface area contributed by atoms with Gasteiger partial charge in [0.2, 0.25) is 0 Å². The molecule has 0 bridgehead atoms. The first-order chi connectivity index (χ1) is 7.75. The van der Waals surface area contributed by atoms with Gasteiger partial charge >= 0.3 is 0 Å². The van der Waals surface area contributed by atoms with Crippen LogP contribution in [0.3, 0.4) is 0 Å². The van der Waals surface area contributed by atoms with Gasteiger partial charge in [0, 0.05) is 6.42 Å². The molecule has 1 saturated heterocycles. The average molecular weight is 224 g/mol. The molecule has 3 nitrogen and oxygen atoms in total. The Kier molecular flexibility index (Phi) is 1.74. The molecule has 4 fully saturated rings. The molecule has 90 valence electrons. The van der Waals surface area contributed by atoms with Gasteiger partial charge in [-0.05, 0) is 37.5 Å². The van der Waals surface area contributed by atoms with Gasteiger partial charge in [-0.25, -0.2) is 0 Å². The van der Waals surface area contributed by atoms with E-state index in [1.54, 1.807) is 0 Å². The van der Waals surface area contributed by atoms with Crippen molar-refractivity contribution in [2.45, 2.75) is 56.8 Å². The predicted octanol–water partition coefficient (Wildman–Crippen LogP) is 1.83. The molecule has 3 atom stereocenters. The number of aliphatic hydroxyl groups excluding tert-OH is 1. The van der Waals surface area contributed by atoms with Crippen molar-refractivity contribution in [3.63, 3.8) is 0 Å². The van der Waals surface area contributed by atoms with Crippen molar-refractivity contribution in [2.24, 2.45) is 10.8 Å². The highest BCUT2D eigenvalue weighted by atomic mass is 16.7. The van der Waals surface area contributed by atoms with E-state index in [1.807, 2.05) is 0 Å². The summed E-state index contributed by atoms with van der Waals surface area (Å²) in [5.74, 6) is -0.417. The first-order valence-electron chi connectivity index (χ1n) is 6.71. The Morgan fingerprint density at radius 3 is 2.56 bits per heavy atom. The number of hydrogen-bond donors (Lipinski definition) is 1. The van der Waals surface area contributed by atoms with Crippen molar-refractivity contribution in [3.8, 4) is 0 Å². The maximum Gasteiger partial charge on any atom is 0.177 e. The van der Waals surface area contributed by atoms with E-state index < -0.39 is 5.79 Å². The number of ether oxygens (including phenoxy) is 2. The van der Waals surface area contributed by atoms with Gasteiger partial charge in [0.1, 0.15) is 0 Å². The minimum Gasteiger partial charge on any atom is -0.392 e. The summed E-state index contributed by atoms with van der Waals surface area (Å²) in [6.07, 6.45) is 7.76. The van der Waals surface area contributed by atoms with E-state index in [0.29, 0.717) is 18.6 Å². The molecule has 0 aromatic heterocycles. The summed E-state index contributed by atoms with van der Waals surface area (Å²) >= 11 is 0. The lowest BCUT2D eigenvalue weighted by atomic mass is 9.67. The molecule has 0 aromatic carbocycles. The molecule has 1 aliphatic heterocycles. The molecule has 4 aliphatic rings. The van der Waals surface area contributed by atoms with Crippen LogP contribution in [0.4, 0.5) is 0 Å². The summed E-state index contributed by atoms with van der Waals surface area (Å²) in [5.41, 5.74) is 0.285. The highest BCUT2D eigenvalue weighted by molar-refractivity contribution is 5.22. The quantitative estimate of drug-likeness (QED) is 0.682. The maximum absolute atomic E-state index is 10.5. The summed E-state index contributed by atoms with van der Waals surface area (Å²) in [4.78, 5) is 0. The maximum atomic E-state index is 10.5. The lowest BCUT2D eigenvalue weighted by molar-refractivity contribution is -0.254. The molecule has 1 heterocycles. The topological polar surface area (TPSA) is 38.7 Å². The largest absolute Gasteiger partial charge is 0.392 e. The first-order valence-corrected chi connectivity index (χ1v) is 6.71. The van der Waals surface area contributed by atoms with Crippen molar-refractivity contribution in [1.82, 2.24) is 0 Å². The molecule has 0 unspecified atom stereocenters. The van der Waals surface area contributed by atoms with Crippen LogP contribution in [-0.2, 0) is 9.47 Å².